The number of nitrogens with zero attached hydrogens (tertiary/aromatic N) is 4. The maximum Gasteiger partial charge on any atom is 0.322 e. The SMILES string of the molecule is CCN(CC)CCCC(C)Nc1nc(Cl)nc(OC)n1. The molecule has 0 aliphatic carbocycles. The van der Waals surface area contributed by atoms with Crippen molar-refractivity contribution in [1.82, 2.24) is 19.9 Å². The van der Waals surface area contributed by atoms with E-state index in [1.165, 1.54) is 7.11 Å². The van der Waals surface area contributed by atoms with Crippen LogP contribution in [0.1, 0.15) is 33.6 Å². The summed E-state index contributed by atoms with van der Waals surface area (Å²) in [5.41, 5.74) is 0. The van der Waals surface area contributed by atoms with Gasteiger partial charge in [-0.25, -0.2) is 0 Å². The first-order chi connectivity index (χ1) is 9.58. The molecule has 1 atom stereocenters. The number of methoxy groups -OCH3 is 1. The molecule has 1 aromatic rings. The summed E-state index contributed by atoms with van der Waals surface area (Å²) in [6.07, 6.45) is 2.17. The van der Waals surface area contributed by atoms with Gasteiger partial charge in [-0.1, -0.05) is 13.8 Å². The fourth-order valence-electron chi connectivity index (χ4n) is 1.94. The molecule has 0 amide bonds. The Morgan fingerprint density at radius 3 is 2.55 bits per heavy atom. The highest BCUT2D eigenvalue weighted by Crippen LogP contribution is 2.12. The Hall–Kier alpha value is -1.14. The van der Waals surface area contributed by atoms with Gasteiger partial charge in [-0.3, -0.25) is 0 Å². The summed E-state index contributed by atoms with van der Waals surface area (Å²) < 4.78 is 4.97. The summed E-state index contributed by atoms with van der Waals surface area (Å²) in [7, 11) is 1.50. The zero-order valence-corrected chi connectivity index (χ0v) is 13.4. The zero-order valence-electron chi connectivity index (χ0n) is 12.7. The first-order valence-electron chi connectivity index (χ1n) is 7.03. The van der Waals surface area contributed by atoms with Gasteiger partial charge in [-0.15, -0.1) is 0 Å². The van der Waals surface area contributed by atoms with E-state index in [-0.39, 0.29) is 17.3 Å². The van der Waals surface area contributed by atoms with Crippen LogP contribution < -0.4 is 10.1 Å². The van der Waals surface area contributed by atoms with Gasteiger partial charge in [0.05, 0.1) is 7.11 Å². The van der Waals surface area contributed by atoms with Crippen LogP contribution in [0.15, 0.2) is 0 Å². The number of rotatable bonds is 9. The number of ether oxygens (including phenoxy) is 1. The van der Waals surface area contributed by atoms with Crippen LogP contribution in [0.4, 0.5) is 5.95 Å². The van der Waals surface area contributed by atoms with E-state index in [0.29, 0.717) is 5.95 Å². The minimum atomic E-state index is 0.134. The first-order valence-corrected chi connectivity index (χ1v) is 7.41. The van der Waals surface area contributed by atoms with E-state index in [9.17, 15) is 0 Å². The largest absolute Gasteiger partial charge is 0.467 e. The van der Waals surface area contributed by atoms with Crippen LogP contribution in [0.5, 0.6) is 6.01 Å². The molecule has 0 aromatic carbocycles. The van der Waals surface area contributed by atoms with E-state index < -0.39 is 0 Å². The molecule has 20 heavy (non-hydrogen) atoms. The fraction of sp³-hybridized carbons (Fsp3) is 0.769. The van der Waals surface area contributed by atoms with Gasteiger partial charge in [-0.2, -0.15) is 15.0 Å². The minimum absolute atomic E-state index is 0.134. The van der Waals surface area contributed by atoms with Crippen molar-refractivity contribution in [3.8, 4) is 6.01 Å². The number of halogens is 1. The van der Waals surface area contributed by atoms with Gasteiger partial charge < -0.3 is 15.0 Å². The smallest absolute Gasteiger partial charge is 0.322 e. The third kappa shape index (κ3) is 5.88. The molecule has 0 aliphatic heterocycles. The van der Waals surface area contributed by atoms with Gasteiger partial charge in [0.15, 0.2) is 0 Å². The molecule has 1 unspecified atom stereocenters. The van der Waals surface area contributed by atoms with Crippen LogP contribution in [-0.2, 0) is 0 Å². The lowest BCUT2D eigenvalue weighted by Crippen LogP contribution is -2.26. The summed E-state index contributed by atoms with van der Waals surface area (Å²) in [5.74, 6) is 0.456. The van der Waals surface area contributed by atoms with Crippen LogP contribution in [0, 0.1) is 0 Å². The predicted molar refractivity (Wildman–Crippen MR) is 81.5 cm³/mol. The normalized spacial score (nSPS) is 12.5. The molecular formula is C13H24ClN5O. The van der Waals surface area contributed by atoms with E-state index >= 15 is 0 Å². The molecule has 0 saturated heterocycles. The van der Waals surface area contributed by atoms with Gasteiger partial charge in [0, 0.05) is 6.04 Å². The van der Waals surface area contributed by atoms with Crippen molar-refractivity contribution >= 4 is 17.5 Å². The van der Waals surface area contributed by atoms with Crippen LogP contribution in [0.3, 0.4) is 0 Å². The number of hydrogen-bond acceptors (Lipinski definition) is 6. The van der Waals surface area contributed by atoms with Crippen molar-refractivity contribution < 1.29 is 4.74 Å². The molecule has 0 radical (unpaired) electrons. The van der Waals surface area contributed by atoms with E-state index in [0.717, 1.165) is 32.5 Å². The minimum Gasteiger partial charge on any atom is -0.467 e. The Bertz CT molecular complexity index is 400. The molecule has 0 fully saturated rings. The van der Waals surface area contributed by atoms with E-state index in [2.05, 4.69) is 45.9 Å². The Labute approximate surface area is 125 Å². The molecule has 1 aromatic heterocycles. The Kier molecular flexibility index (Phi) is 7.54. The summed E-state index contributed by atoms with van der Waals surface area (Å²) in [6.45, 7) is 9.78. The molecule has 0 saturated carbocycles. The topological polar surface area (TPSA) is 63.2 Å². The number of aromatic nitrogens is 3. The highest BCUT2D eigenvalue weighted by atomic mass is 35.5. The molecule has 1 heterocycles. The van der Waals surface area contributed by atoms with Gasteiger partial charge in [-0.05, 0) is 51.0 Å². The molecular weight excluding hydrogens is 278 g/mol. The second kappa shape index (κ2) is 8.92. The highest BCUT2D eigenvalue weighted by Gasteiger charge is 2.09. The summed E-state index contributed by atoms with van der Waals surface area (Å²) in [6, 6.07) is 0.497. The Morgan fingerprint density at radius 2 is 1.95 bits per heavy atom. The van der Waals surface area contributed by atoms with Gasteiger partial charge >= 0.3 is 6.01 Å². The van der Waals surface area contributed by atoms with E-state index in [4.69, 9.17) is 16.3 Å². The first kappa shape index (κ1) is 16.9. The molecule has 6 nitrogen and oxygen atoms in total. The van der Waals surface area contributed by atoms with Gasteiger partial charge in [0.25, 0.3) is 0 Å². The lowest BCUT2D eigenvalue weighted by Gasteiger charge is -2.19. The van der Waals surface area contributed by atoms with Crippen molar-refractivity contribution in [1.29, 1.82) is 0 Å². The number of hydrogen-bond donors (Lipinski definition) is 1. The zero-order chi connectivity index (χ0) is 15.0. The van der Waals surface area contributed by atoms with Crippen molar-refractivity contribution in [3.05, 3.63) is 5.28 Å². The molecule has 0 bridgehead atoms. The van der Waals surface area contributed by atoms with Crippen molar-refractivity contribution in [2.75, 3.05) is 32.1 Å². The number of anilines is 1. The maximum atomic E-state index is 5.81. The fourth-order valence-corrected chi connectivity index (χ4v) is 2.09. The highest BCUT2D eigenvalue weighted by molar-refractivity contribution is 6.28. The third-order valence-corrected chi connectivity index (χ3v) is 3.32. The molecule has 7 heteroatoms. The molecule has 1 rings (SSSR count). The molecule has 0 aliphatic rings. The maximum absolute atomic E-state index is 5.81. The molecule has 1 N–H and O–H groups in total. The quantitative estimate of drug-likeness (QED) is 0.756. The van der Waals surface area contributed by atoms with Gasteiger partial charge in [0.2, 0.25) is 11.2 Å². The Balaban J connectivity index is 2.42. The van der Waals surface area contributed by atoms with E-state index in [1.54, 1.807) is 0 Å². The summed E-state index contributed by atoms with van der Waals surface area (Å²) >= 11 is 5.81. The van der Waals surface area contributed by atoms with Crippen molar-refractivity contribution in [3.63, 3.8) is 0 Å². The Morgan fingerprint density at radius 1 is 1.25 bits per heavy atom. The average Bonchev–Trinajstić information content (AvgIpc) is 2.42. The standard InChI is InChI=1S/C13H24ClN5O/c1-5-19(6-2)9-7-8-10(3)15-12-16-11(14)17-13(18-12)20-4/h10H,5-9H2,1-4H3,(H,15,16,17,18). The summed E-state index contributed by atoms with van der Waals surface area (Å²) in [5, 5.41) is 3.36. The number of nitrogens with one attached hydrogen (secondary N) is 1. The van der Waals surface area contributed by atoms with Crippen LogP contribution >= 0.6 is 11.6 Å². The lowest BCUT2D eigenvalue weighted by molar-refractivity contribution is 0.295. The van der Waals surface area contributed by atoms with Crippen molar-refractivity contribution in [2.24, 2.45) is 0 Å². The predicted octanol–water partition coefficient (Wildman–Crippen LogP) is 2.46. The summed E-state index contributed by atoms with van der Waals surface area (Å²) in [4.78, 5) is 14.4. The second-order valence-corrected chi connectivity index (χ2v) is 4.97. The van der Waals surface area contributed by atoms with Gasteiger partial charge in [0.1, 0.15) is 0 Å². The monoisotopic (exact) mass is 301 g/mol. The van der Waals surface area contributed by atoms with Crippen LogP contribution in [0.2, 0.25) is 5.28 Å². The van der Waals surface area contributed by atoms with Crippen molar-refractivity contribution in [2.45, 2.75) is 39.7 Å². The molecule has 114 valence electrons. The van der Waals surface area contributed by atoms with E-state index in [1.807, 2.05) is 0 Å². The van der Waals surface area contributed by atoms with Crippen LogP contribution in [0.25, 0.3) is 0 Å². The average molecular weight is 302 g/mol. The third-order valence-electron chi connectivity index (χ3n) is 3.15. The lowest BCUT2D eigenvalue weighted by atomic mass is 10.2. The second-order valence-electron chi connectivity index (χ2n) is 4.63. The molecule has 0 spiro atoms. The van der Waals surface area contributed by atoms with Crippen LogP contribution in [-0.4, -0.2) is 52.6 Å².